The maximum absolute atomic E-state index is 13.1. The van der Waals surface area contributed by atoms with Crippen molar-refractivity contribution in [1.29, 1.82) is 0 Å². The van der Waals surface area contributed by atoms with Gasteiger partial charge in [-0.15, -0.1) is 11.3 Å². The van der Waals surface area contributed by atoms with Gasteiger partial charge in [-0.05, 0) is 62.2 Å². The quantitative estimate of drug-likeness (QED) is 0.350. The van der Waals surface area contributed by atoms with E-state index in [9.17, 15) is 4.79 Å². The molecule has 0 aliphatic heterocycles. The molecule has 4 nitrogen and oxygen atoms in total. The Morgan fingerprint density at radius 2 is 1.66 bits per heavy atom. The lowest BCUT2D eigenvalue weighted by Gasteiger charge is -2.12. The largest absolute Gasteiger partial charge is 0.493 e. The summed E-state index contributed by atoms with van der Waals surface area (Å²) in [6.45, 7) is 6.66. The summed E-state index contributed by atoms with van der Waals surface area (Å²) in [7, 11) is 0. The zero-order valence-corrected chi connectivity index (χ0v) is 19.3. The van der Waals surface area contributed by atoms with E-state index in [0.717, 1.165) is 45.2 Å². The molecule has 0 spiro atoms. The number of aryl methyl sites for hydroxylation is 3. The van der Waals surface area contributed by atoms with E-state index < -0.39 is 0 Å². The van der Waals surface area contributed by atoms with Crippen molar-refractivity contribution in [3.05, 3.63) is 99.5 Å². The molecular weight excluding hydrogens is 416 g/mol. The summed E-state index contributed by atoms with van der Waals surface area (Å²) >= 11 is 1.65. The topological polar surface area (TPSA) is 51.2 Å². The molecule has 0 aliphatic carbocycles. The number of amides is 1. The van der Waals surface area contributed by atoms with Gasteiger partial charge in [0.1, 0.15) is 5.75 Å². The number of thiazole rings is 1. The second kappa shape index (κ2) is 9.79. The average Bonchev–Trinajstić information content (AvgIpc) is 3.20. The van der Waals surface area contributed by atoms with E-state index in [-0.39, 0.29) is 5.91 Å². The fourth-order valence-corrected chi connectivity index (χ4v) is 4.10. The van der Waals surface area contributed by atoms with Crippen molar-refractivity contribution in [2.45, 2.75) is 27.2 Å². The molecule has 1 amide bonds. The van der Waals surface area contributed by atoms with Gasteiger partial charge in [-0.1, -0.05) is 47.5 Å². The lowest BCUT2D eigenvalue weighted by Crippen LogP contribution is -2.13. The summed E-state index contributed by atoms with van der Waals surface area (Å²) in [6, 6.07) is 21.6. The first-order valence-corrected chi connectivity index (χ1v) is 11.5. The first-order chi connectivity index (χ1) is 15.5. The minimum Gasteiger partial charge on any atom is -0.493 e. The van der Waals surface area contributed by atoms with Crippen LogP contribution < -0.4 is 10.1 Å². The predicted octanol–water partition coefficient (Wildman–Crippen LogP) is 6.61. The number of aromatic nitrogens is 1. The molecule has 32 heavy (non-hydrogen) atoms. The van der Waals surface area contributed by atoms with E-state index in [0.29, 0.717) is 12.2 Å². The van der Waals surface area contributed by atoms with Crippen LogP contribution in [0.2, 0.25) is 0 Å². The van der Waals surface area contributed by atoms with Crippen molar-refractivity contribution in [3.63, 3.8) is 0 Å². The van der Waals surface area contributed by atoms with Crippen LogP contribution in [-0.2, 0) is 6.42 Å². The van der Waals surface area contributed by atoms with Crippen LogP contribution in [-0.4, -0.2) is 17.5 Å². The monoisotopic (exact) mass is 442 g/mol. The second-order valence-corrected chi connectivity index (χ2v) is 8.91. The maximum Gasteiger partial charge on any atom is 0.256 e. The van der Waals surface area contributed by atoms with Crippen molar-refractivity contribution < 1.29 is 9.53 Å². The van der Waals surface area contributed by atoms with Gasteiger partial charge in [0.15, 0.2) is 0 Å². The van der Waals surface area contributed by atoms with Crippen molar-refractivity contribution in [2.24, 2.45) is 0 Å². The molecule has 4 aromatic rings. The molecule has 1 aromatic heterocycles. The highest BCUT2D eigenvalue weighted by Crippen LogP contribution is 2.27. The lowest BCUT2D eigenvalue weighted by molar-refractivity contribution is 0.102. The molecule has 0 saturated carbocycles. The number of rotatable bonds is 7. The van der Waals surface area contributed by atoms with Crippen LogP contribution >= 0.6 is 11.3 Å². The maximum atomic E-state index is 13.1. The Morgan fingerprint density at radius 3 is 2.34 bits per heavy atom. The Labute approximate surface area is 192 Å². The molecule has 0 radical (unpaired) electrons. The average molecular weight is 443 g/mol. The zero-order valence-electron chi connectivity index (χ0n) is 18.5. The smallest absolute Gasteiger partial charge is 0.256 e. The van der Waals surface area contributed by atoms with Crippen LogP contribution in [0.15, 0.2) is 72.1 Å². The summed E-state index contributed by atoms with van der Waals surface area (Å²) in [4.78, 5) is 17.5. The minimum atomic E-state index is -0.131. The van der Waals surface area contributed by atoms with Crippen LogP contribution in [0.1, 0.15) is 32.2 Å². The highest BCUT2D eigenvalue weighted by Gasteiger charge is 2.13. The number of nitrogens with one attached hydrogen (secondary N) is 1. The SMILES string of the molecule is Cc1ccc(-c2cc(C)ccc2C(=O)Nc2ccc(OCCc3csc(C)n3)cc2)cc1. The Kier molecular flexibility index (Phi) is 6.66. The fourth-order valence-electron chi connectivity index (χ4n) is 3.46. The molecular formula is C27H26N2O2S. The van der Waals surface area contributed by atoms with Gasteiger partial charge in [-0.3, -0.25) is 4.79 Å². The van der Waals surface area contributed by atoms with Gasteiger partial charge in [0.2, 0.25) is 0 Å². The number of ether oxygens (including phenoxy) is 1. The third-order valence-electron chi connectivity index (χ3n) is 5.19. The summed E-state index contributed by atoms with van der Waals surface area (Å²) in [5.41, 5.74) is 6.70. The van der Waals surface area contributed by atoms with Gasteiger partial charge in [0, 0.05) is 23.1 Å². The zero-order chi connectivity index (χ0) is 22.5. The number of benzene rings is 3. The normalized spacial score (nSPS) is 10.7. The Hall–Kier alpha value is -3.44. The van der Waals surface area contributed by atoms with E-state index in [2.05, 4.69) is 52.9 Å². The number of carbonyl (C=O) groups excluding carboxylic acids is 1. The first kappa shape index (κ1) is 21.8. The van der Waals surface area contributed by atoms with Crippen LogP contribution in [0.25, 0.3) is 11.1 Å². The Bertz CT molecular complexity index is 1210. The molecule has 0 saturated heterocycles. The molecule has 5 heteroatoms. The van der Waals surface area contributed by atoms with Gasteiger partial charge in [-0.25, -0.2) is 4.98 Å². The summed E-state index contributed by atoms with van der Waals surface area (Å²) in [5, 5.41) is 6.14. The van der Waals surface area contributed by atoms with Gasteiger partial charge in [0.25, 0.3) is 5.91 Å². The first-order valence-electron chi connectivity index (χ1n) is 10.6. The molecule has 1 heterocycles. The van der Waals surface area contributed by atoms with E-state index in [1.165, 1.54) is 5.56 Å². The number of hydrogen-bond acceptors (Lipinski definition) is 4. The molecule has 0 atom stereocenters. The van der Waals surface area contributed by atoms with E-state index in [1.807, 2.05) is 50.2 Å². The highest BCUT2D eigenvalue weighted by molar-refractivity contribution is 7.09. The third kappa shape index (κ3) is 5.42. The van der Waals surface area contributed by atoms with Gasteiger partial charge >= 0.3 is 0 Å². The number of nitrogens with zero attached hydrogens (tertiary/aromatic N) is 1. The highest BCUT2D eigenvalue weighted by atomic mass is 32.1. The van der Waals surface area contributed by atoms with Gasteiger partial charge in [-0.2, -0.15) is 0 Å². The summed E-state index contributed by atoms with van der Waals surface area (Å²) in [6.07, 6.45) is 0.776. The van der Waals surface area contributed by atoms with Crippen molar-refractivity contribution in [3.8, 4) is 16.9 Å². The van der Waals surface area contributed by atoms with E-state index >= 15 is 0 Å². The Morgan fingerprint density at radius 1 is 0.938 bits per heavy atom. The van der Waals surface area contributed by atoms with E-state index in [4.69, 9.17) is 4.74 Å². The lowest BCUT2D eigenvalue weighted by atomic mass is 9.96. The van der Waals surface area contributed by atoms with Gasteiger partial charge < -0.3 is 10.1 Å². The van der Waals surface area contributed by atoms with Crippen molar-refractivity contribution >= 4 is 22.9 Å². The van der Waals surface area contributed by atoms with Gasteiger partial charge in [0.05, 0.1) is 17.3 Å². The molecule has 0 bridgehead atoms. The number of anilines is 1. The summed E-state index contributed by atoms with van der Waals surface area (Å²) in [5.74, 6) is 0.638. The Balaban J connectivity index is 1.42. The molecule has 162 valence electrons. The molecule has 0 aliphatic rings. The van der Waals surface area contributed by atoms with Crippen LogP contribution in [0, 0.1) is 20.8 Å². The second-order valence-electron chi connectivity index (χ2n) is 7.85. The van der Waals surface area contributed by atoms with Crippen LogP contribution in [0.3, 0.4) is 0 Å². The molecule has 0 fully saturated rings. The molecule has 4 rings (SSSR count). The standard InChI is InChI=1S/C27H26N2O2S/c1-18-4-7-21(8-5-18)26-16-19(2)6-13-25(26)27(30)29-22-9-11-24(12-10-22)31-15-14-23-17-32-20(3)28-23/h4-13,16-17H,14-15H2,1-3H3,(H,29,30). The van der Waals surface area contributed by atoms with Crippen molar-refractivity contribution in [1.82, 2.24) is 4.98 Å². The number of hydrogen-bond donors (Lipinski definition) is 1. The fraction of sp³-hybridized carbons (Fsp3) is 0.185. The van der Waals surface area contributed by atoms with Crippen LogP contribution in [0.4, 0.5) is 5.69 Å². The minimum absolute atomic E-state index is 0.131. The van der Waals surface area contributed by atoms with Crippen LogP contribution in [0.5, 0.6) is 5.75 Å². The molecule has 3 aromatic carbocycles. The molecule has 0 unspecified atom stereocenters. The summed E-state index contributed by atoms with van der Waals surface area (Å²) < 4.78 is 5.82. The van der Waals surface area contributed by atoms with Crippen molar-refractivity contribution in [2.75, 3.05) is 11.9 Å². The predicted molar refractivity (Wildman–Crippen MR) is 132 cm³/mol. The third-order valence-corrected chi connectivity index (χ3v) is 6.01. The van der Waals surface area contributed by atoms with E-state index in [1.54, 1.807) is 11.3 Å². The number of carbonyl (C=O) groups is 1. The molecule has 1 N–H and O–H groups in total.